The van der Waals surface area contributed by atoms with Crippen LogP contribution in [0.4, 0.5) is 0 Å². The van der Waals surface area contributed by atoms with E-state index in [1.807, 2.05) is 19.3 Å². The fourth-order valence-corrected chi connectivity index (χ4v) is 2.53. The SMILES string of the molecule is Cc1c[nH]c2cc(C3C=CCC(=O)N3C)ccc12. The van der Waals surface area contributed by atoms with Gasteiger partial charge in [0.2, 0.25) is 5.91 Å². The molecule has 18 heavy (non-hydrogen) atoms. The number of fused-ring (bicyclic) bond motifs is 1. The molecule has 1 atom stereocenters. The fraction of sp³-hybridized carbons (Fsp3) is 0.267. The lowest BCUT2D eigenvalue weighted by molar-refractivity contribution is -0.130. The molecule has 92 valence electrons. The molecular weight excluding hydrogens is 224 g/mol. The molecule has 1 aromatic heterocycles. The standard InChI is InChI=1S/C15H16N2O/c1-10-9-16-13-8-11(6-7-12(10)13)14-4-3-5-15(18)17(14)2/h3-4,6-9,14,16H,5H2,1-2H3. The number of carbonyl (C=O) groups excluding carboxylic acids is 1. The van der Waals surface area contributed by atoms with Crippen molar-refractivity contribution < 1.29 is 4.79 Å². The number of amides is 1. The summed E-state index contributed by atoms with van der Waals surface area (Å²) in [5.74, 6) is 0.172. The van der Waals surface area contributed by atoms with Gasteiger partial charge < -0.3 is 9.88 Å². The van der Waals surface area contributed by atoms with Gasteiger partial charge in [0.05, 0.1) is 6.04 Å². The molecule has 1 N–H and O–H groups in total. The van der Waals surface area contributed by atoms with E-state index in [1.165, 1.54) is 10.9 Å². The number of nitrogens with one attached hydrogen (secondary N) is 1. The second kappa shape index (κ2) is 4.02. The lowest BCUT2D eigenvalue weighted by Gasteiger charge is -2.29. The van der Waals surface area contributed by atoms with Gasteiger partial charge in [-0.3, -0.25) is 4.79 Å². The van der Waals surface area contributed by atoms with Gasteiger partial charge in [-0.1, -0.05) is 24.3 Å². The van der Waals surface area contributed by atoms with Crippen LogP contribution in [-0.4, -0.2) is 22.8 Å². The first-order chi connectivity index (χ1) is 8.66. The van der Waals surface area contributed by atoms with Crippen LogP contribution in [-0.2, 0) is 4.79 Å². The van der Waals surface area contributed by atoms with E-state index in [2.05, 4.69) is 36.2 Å². The maximum atomic E-state index is 11.7. The molecule has 3 heteroatoms. The minimum atomic E-state index is 0.0549. The summed E-state index contributed by atoms with van der Waals surface area (Å²) in [6.45, 7) is 2.09. The zero-order valence-corrected chi connectivity index (χ0v) is 10.6. The second-order valence-corrected chi connectivity index (χ2v) is 4.86. The number of H-pyrrole nitrogens is 1. The third-order valence-corrected chi connectivity index (χ3v) is 3.68. The summed E-state index contributed by atoms with van der Waals surface area (Å²) in [6.07, 6.45) is 6.58. The van der Waals surface area contributed by atoms with E-state index in [0.29, 0.717) is 6.42 Å². The topological polar surface area (TPSA) is 36.1 Å². The van der Waals surface area contributed by atoms with Crippen molar-refractivity contribution in [1.82, 2.24) is 9.88 Å². The van der Waals surface area contributed by atoms with E-state index in [4.69, 9.17) is 0 Å². The van der Waals surface area contributed by atoms with Gasteiger partial charge in [0.15, 0.2) is 0 Å². The predicted molar refractivity (Wildman–Crippen MR) is 72.3 cm³/mol. The van der Waals surface area contributed by atoms with E-state index >= 15 is 0 Å². The molecule has 0 spiro atoms. The van der Waals surface area contributed by atoms with Crippen molar-refractivity contribution in [2.75, 3.05) is 7.05 Å². The monoisotopic (exact) mass is 240 g/mol. The highest BCUT2D eigenvalue weighted by Gasteiger charge is 2.22. The van der Waals surface area contributed by atoms with Crippen molar-refractivity contribution in [1.29, 1.82) is 0 Å². The number of nitrogens with zero attached hydrogens (tertiary/aromatic N) is 1. The molecule has 0 saturated carbocycles. The second-order valence-electron chi connectivity index (χ2n) is 4.86. The highest BCUT2D eigenvalue weighted by atomic mass is 16.2. The lowest BCUT2D eigenvalue weighted by Crippen LogP contribution is -2.32. The molecule has 1 aliphatic heterocycles. The first-order valence-electron chi connectivity index (χ1n) is 6.17. The summed E-state index contributed by atoms with van der Waals surface area (Å²) in [5.41, 5.74) is 3.53. The zero-order valence-electron chi connectivity index (χ0n) is 10.6. The highest BCUT2D eigenvalue weighted by molar-refractivity contribution is 5.84. The van der Waals surface area contributed by atoms with E-state index in [1.54, 1.807) is 4.90 Å². The molecule has 0 fully saturated rings. The van der Waals surface area contributed by atoms with Gasteiger partial charge in [0, 0.05) is 30.6 Å². The van der Waals surface area contributed by atoms with E-state index in [-0.39, 0.29) is 11.9 Å². The van der Waals surface area contributed by atoms with Crippen molar-refractivity contribution >= 4 is 16.8 Å². The van der Waals surface area contributed by atoms with Crippen LogP contribution in [0.25, 0.3) is 10.9 Å². The van der Waals surface area contributed by atoms with Gasteiger partial charge in [-0.05, 0) is 24.1 Å². The van der Waals surface area contributed by atoms with Crippen LogP contribution in [0.15, 0.2) is 36.5 Å². The Morgan fingerprint density at radius 2 is 2.22 bits per heavy atom. The maximum Gasteiger partial charge on any atom is 0.226 e. The van der Waals surface area contributed by atoms with Crippen LogP contribution in [0.2, 0.25) is 0 Å². The summed E-state index contributed by atoms with van der Waals surface area (Å²) in [6, 6.07) is 6.41. The first kappa shape index (κ1) is 11.1. The summed E-state index contributed by atoms with van der Waals surface area (Å²) in [4.78, 5) is 16.8. The number of aromatic amines is 1. The molecule has 1 aliphatic rings. The molecule has 2 heterocycles. The largest absolute Gasteiger partial charge is 0.361 e. The number of carbonyl (C=O) groups is 1. The van der Waals surface area contributed by atoms with Crippen molar-refractivity contribution in [2.24, 2.45) is 0 Å². The lowest BCUT2D eigenvalue weighted by atomic mass is 10.00. The van der Waals surface area contributed by atoms with Gasteiger partial charge in [0.1, 0.15) is 0 Å². The number of hydrogen-bond acceptors (Lipinski definition) is 1. The predicted octanol–water partition coefficient (Wildman–Crippen LogP) is 2.94. The maximum absolute atomic E-state index is 11.7. The molecule has 3 rings (SSSR count). The quantitative estimate of drug-likeness (QED) is 0.764. The molecule has 0 aliphatic carbocycles. The summed E-state index contributed by atoms with van der Waals surface area (Å²) < 4.78 is 0. The molecule has 0 saturated heterocycles. The van der Waals surface area contributed by atoms with Gasteiger partial charge in [0.25, 0.3) is 0 Å². The van der Waals surface area contributed by atoms with Gasteiger partial charge >= 0.3 is 0 Å². The number of hydrogen-bond donors (Lipinski definition) is 1. The molecule has 1 aromatic carbocycles. The van der Waals surface area contributed by atoms with E-state index < -0.39 is 0 Å². The Morgan fingerprint density at radius 1 is 1.39 bits per heavy atom. The van der Waals surface area contributed by atoms with Crippen LogP contribution < -0.4 is 0 Å². The molecule has 2 aromatic rings. The minimum Gasteiger partial charge on any atom is -0.361 e. The fourth-order valence-electron chi connectivity index (χ4n) is 2.53. The van der Waals surface area contributed by atoms with Crippen molar-refractivity contribution in [2.45, 2.75) is 19.4 Å². The molecular formula is C15H16N2O. The molecule has 1 unspecified atom stereocenters. The average Bonchev–Trinajstić information content (AvgIpc) is 2.74. The Balaban J connectivity index is 2.06. The normalized spacial score (nSPS) is 19.8. The summed E-state index contributed by atoms with van der Waals surface area (Å²) in [5, 5.41) is 1.24. The van der Waals surface area contributed by atoms with Gasteiger partial charge in [-0.25, -0.2) is 0 Å². The Hall–Kier alpha value is -2.03. The zero-order chi connectivity index (χ0) is 12.7. The van der Waals surface area contributed by atoms with Crippen LogP contribution in [0.3, 0.4) is 0 Å². The highest BCUT2D eigenvalue weighted by Crippen LogP contribution is 2.28. The van der Waals surface area contributed by atoms with Gasteiger partial charge in [-0.2, -0.15) is 0 Å². The molecule has 0 bridgehead atoms. The van der Waals surface area contributed by atoms with Crippen molar-refractivity contribution in [3.05, 3.63) is 47.7 Å². The smallest absolute Gasteiger partial charge is 0.226 e. The molecule has 0 radical (unpaired) electrons. The Morgan fingerprint density at radius 3 is 3.06 bits per heavy atom. The third kappa shape index (κ3) is 1.63. The van der Waals surface area contributed by atoms with Crippen LogP contribution in [0.1, 0.15) is 23.6 Å². The Kier molecular flexibility index (Phi) is 2.47. The van der Waals surface area contributed by atoms with Crippen LogP contribution in [0.5, 0.6) is 0 Å². The number of aromatic nitrogens is 1. The van der Waals surface area contributed by atoms with E-state index in [9.17, 15) is 4.79 Å². The molecule has 3 nitrogen and oxygen atoms in total. The van der Waals surface area contributed by atoms with Crippen LogP contribution in [0, 0.1) is 6.92 Å². The summed E-state index contributed by atoms with van der Waals surface area (Å²) >= 11 is 0. The van der Waals surface area contributed by atoms with E-state index in [0.717, 1.165) is 11.1 Å². The van der Waals surface area contributed by atoms with Crippen molar-refractivity contribution in [3.63, 3.8) is 0 Å². The van der Waals surface area contributed by atoms with Crippen LogP contribution >= 0.6 is 0 Å². The Bertz CT molecular complexity index is 639. The number of aryl methyl sites for hydroxylation is 1. The average molecular weight is 240 g/mol. The first-order valence-corrected chi connectivity index (χ1v) is 6.17. The minimum absolute atomic E-state index is 0.0549. The molecule has 1 amide bonds. The van der Waals surface area contributed by atoms with Crippen molar-refractivity contribution in [3.8, 4) is 0 Å². The third-order valence-electron chi connectivity index (χ3n) is 3.68. The number of rotatable bonds is 1. The number of benzene rings is 1. The number of likely N-dealkylation sites (N-methyl/N-ethyl adjacent to an activating group) is 1. The Labute approximate surface area is 106 Å². The van der Waals surface area contributed by atoms with Gasteiger partial charge in [-0.15, -0.1) is 0 Å². The summed E-state index contributed by atoms with van der Waals surface area (Å²) in [7, 11) is 1.86.